The van der Waals surface area contributed by atoms with Gasteiger partial charge in [-0.05, 0) is 31.4 Å². The number of hydrogen-bond donors (Lipinski definition) is 0. The first-order valence-electron chi connectivity index (χ1n) is 10.7. The van der Waals surface area contributed by atoms with Crippen molar-refractivity contribution in [2.75, 3.05) is 18.0 Å². The van der Waals surface area contributed by atoms with Gasteiger partial charge in [0.1, 0.15) is 17.0 Å². The van der Waals surface area contributed by atoms with E-state index in [1.807, 2.05) is 0 Å². The summed E-state index contributed by atoms with van der Waals surface area (Å²) in [6.45, 7) is 3.81. The Morgan fingerprint density at radius 3 is 2.38 bits per heavy atom. The van der Waals surface area contributed by atoms with Gasteiger partial charge in [0.15, 0.2) is 0 Å². The molecular formula is C23H26Cl3N5O. The van der Waals surface area contributed by atoms with Crippen LogP contribution in [0.4, 0.5) is 5.95 Å². The molecule has 0 atom stereocenters. The number of halogens is 3. The fourth-order valence-electron chi connectivity index (χ4n) is 4.47. The lowest BCUT2D eigenvalue weighted by Gasteiger charge is -2.32. The highest BCUT2D eigenvalue weighted by atomic mass is 35.5. The molecule has 1 aromatic carbocycles. The summed E-state index contributed by atoms with van der Waals surface area (Å²) in [5.41, 5.74) is 2.62. The van der Waals surface area contributed by atoms with Crippen molar-refractivity contribution in [3.8, 4) is 5.88 Å². The Bertz CT molecular complexity index is 1090. The molecular weight excluding hydrogens is 469 g/mol. The molecule has 3 aromatic rings. The fraction of sp³-hybridized carbons (Fsp3) is 0.435. The first kappa shape index (κ1) is 23.1. The van der Waals surface area contributed by atoms with Crippen LogP contribution in [0.2, 0.25) is 10.0 Å². The van der Waals surface area contributed by atoms with Crippen LogP contribution in [0, 0.1) is 6.92 Å². The van der Waals surface area contributed by atoms with Crippen molar-refractivity contribution in [2.24, 2.45) is 7.05 Å². The summed E-state index contributed by atoms with van der Waals surface area (Å²) in [5, 5.41) is 10.1. The Morgan fingerprint density at radius 2 is 1.75 bits per heavy atom. The Hall–Kier alpha value is -2.02. The molecule has 1 aliphatic heterocycles. The maximum Gasteiger partial charge on any atom is 0.232 e. The number of anilines is 1. The lowest BCUT2D eigenvalue weighted by atomic mass is 9.94. The molecule has 5 rings (SSSR count). The molecule has 1 saturated heterocycles. The minimum atomic E-state index is 0. The average Bonchev–Trinajstić information content (AvgIpc) is 3.47. The number of pyridine rings is 1. The number of ether oxygens (including phenoxy) is 1. The van der Waals surface area contributed by atoms with Crippen LogP contribution in [-0.4, -0.2) is 38.9 Å². The van der Waals surface area contributed by atoms with Gasteiger partial charge in [-0.25, -0.2) is 4.98 Å². The molecule has 32 heavy (non-hydrogen) atoms. The second-order valence-electron chi connectivity index (χ2n) is 8.58. The maximum absolute atomic E-state index is 6.20. The highest BCUT2D eigenvalue weighted by Gasteiger charge is 2.50. The second kappa shape index (κ2) is 9.08. The zero-order chi connectivity index (χ0) is 21.6. The summed E-state index contributed by atoms with van der Waals surface area (Å²) < 4.78 is 8.19. The first-order chi connectivity index (χ1) is 15.0. The highest BCUT2D eigenvalue weighted by molar-refractivity contribution is 6.35. The molecule has 170 valence electrons. The standard InChI is InChI=1S/C23H25Cl2N5O.ClH/c1-15-3-5-16(6-4-15)23(9-10-23)21-27-28-22(29(21)2)30-11-7-18(8-12-30)31-20-19(25)13-17(24)14-26-20;/h3-6,13-14,18H,7-12H2,1-2H3;1H. The van der Waals surface area contributed by atoms with Crippen LogP contribution in [0.15, 0.2) is 36.5 Å². The fourth-order valence-corrected chi connectivity index (χ4v) is 4.90. The molecule has 2 fully saturated rings. The molecule has 3 heterocycles. The normalized spacial score (nSPS) is 17.7. The number of aryl methyl sites for hydroxylation is 1. The van der Waals surface area contributed by atoms with E-state index in [2.05, 4.69) is 62.9 Å². The van der Waals surface area contributed by atoms with Gasteiger partial charge in [-0.2, -0.15) is 0 Å². The summed E-state index contributed by atoms with van der Waals surface area (Å²) in [5.74, 6) is 2.43. The quantitative estimate of drug-likeness (QED) is 0.477. The summed E-state index contributed by atoms with van der Waals surface area (Å²) in [6.07, 6.45) is 5.59. The Morgan fingerprint density at radius 1 is 1.06 bits per heavy atom. The van der Waals surface area contributed by atoms with Gasteiger partial charge in [-0.15, -0.1) is 22.6 Å². The van der Waals surface area contributed by atoms with Gasteiger partial charge in [0.25, 0.3) is 0 Å². The Labute approximate surface area is 204 Å². The van der Waals surface area contributed by atoms with Crippen molar-refractivity contribution in [2.45, 2.75) is 44.1 Å². The molecule has 1 saturated carbocycles. The zero-order valence-corrected chi connectivity index (χ0v) is 20.4. The zero-order valence-electron chi connectivity index (χ0n) is 18.1. The van der Waals surface area contributed by atoms with E-state index in [1.165, 1.54) is 11.1 Å². The minimum absolute atomic E-state index is 0. The molecule has 1 aliphatic carbocycles. The second-order valence-corrected chi connectivity index (χ2v) is 9.42. The third-order valence-corrected chi connectivity index (χ3v) is 6.89. The average molecular weight is 495 g/mol. The predicted molar refractivity (Wildman–Crippen MR) is 130 cm³/mol. The van der Waals surface area contributed by atoms with Crippen molar-refractivity contribution < 1.29 is 4.74 Å². The molecule has 2 aromatic heterocycles. The molecule has 2 aliphatic rings. The largest absolute Gasteiger partial charge is 0.473 e. The van der Waals surface area contributed by atoms with Crippen molar-refractivity contribution >= 4 is 41.6 Å². The van der Waals surface area contributed by atoms with E-state index >= 15 is 0 Å². The van der Waals surface area contributed by atoms with Gasteiger partial charge < -0.3 is 9.64 Å². The lowest BCUT2D eigenvalue weighted by molar-refractivity contribution is 0.163. The topological polar surface area (TPSA) is 56.1 Å². The Balaban J connectivity index is 0.00000245. The number of rotatable bonds is 5. The predicted octanol–water partition coefficient (Wildman–Crippen LogP) is 5.37. The van der Waals surface area contributed by atoms with Crippen LogP contribution >= 0.6 is 35.6 Å². The summed E-state index contributed by atoms with van der Waals surface area (Å²) >= 11 is 12.1. The number of aromatic nitrogens is 4. The number of benzene rings is 1. The van der Waals surface area contributed by atoms with Gasteiger partial charge in [-0.3, -0.25) is 4.57 Å². The van der Waals surface area contributed by atoms with Crippen molar-refractivity contribution in [1.82, 2.24) is 19.7 Å². The maximum atomic E-state index is 6.20. The van der Waals surface area contributed by atoms with Gasteiger partial charge in [0.2, 0.25) is 11.8 Å². The first-order valence-corrected chi connectivity index (χ1v) is 11.4. The molecule has 0 spiro atoms. The smallest absolute Gasteiger partial charge is 0.232 e. The van der Waals surface area contributed by atoms with Gasteiger partial charge in [0, 0.05) is 39.2 Å². The van der Waals surface area contributed by atoms with E-state index in [-0.39, 0.29) is 23.9 Å². The van der Waals surface area contributed by atoms with E-state index in [0.717, 1.165) is 50.5 Å². The third kappa shape index (κ3) is 4.28. The lowest BCUT2D eigenvalue weighted by Crippen LogP contribution is -2.39. The Kier molecular flexibility index (Phi) is 6.57. The number of piperidine rings is 1. The molecule has 0 N–H and O–H groups in total. The summed E-state index contributed by atoms with van der Waals surface area (Å²) in [6, 6.07) is 10.5. The van der Waals surface area contributed by atoms with Gasteiger partial charge in [-0.1, -0.05) is 53.0 Å². The van der Waals surface area contributed by atoms with E-state index < -0.39 is 0 Å². The monoisotopic (exact) mass is 493 g/mol. The van der Waals surface area contributed by atoms with E-state index in [4.69, 9.17) is 27.9 Å². The van der Waals surface area contributed by atoms with Gasteiger partial charge in [0.05, 0.1) is 10.4 Å². The van der Waals surface area contributed by atoms with Crippen molar-refractivity contribution in [3.63, 3.8) is 0 Å². The summed E-state index contributed by atoms with van der Waals surface area (Å²) in [7, 11) is 2.08. The van der Waals surface area contributed by atoms with E-state index in [1.54, 1.807) is 12.3 Å². The van der Waals surface area contributed by atoms with E-state index in [9.17, 15) is 0 Å². The van der Waals surface area contributed by atoms with Crippen LogP contribution in [-0.2, 0) is 12.5 Å². The van der Waals surface area contributed by atoms with Crippen LogP contribution in [0.1, 0.15) is 42.6 Å². The SMILES string of the molecule is Cc1ccc(C2(c3nnc(N4CCC(Oc5ncc(Cl)cc5Cl)CC4)n3C)CC2)cc1.Cl. The van der Waals surface area contributed by atoms with Crippen molar-refractivity contribution in [1.29, 1.82) is 0 Å². The third-order valence-electron chi connectivity index (χ3n) is 6.41. The van der Waals surface area contributed by atoms with E-state index in [0.29, 0.717) is 15.9 Å². The molecule has 6 nitrogen and oxygen atoms in total. The molecule has 0 radical (unpaired) electrons. The molecule has 0 amide bonds. The molecule has 9 heteroatoms. The highest BCUT2D eigenvalue weighted by Crippen LogP contribution is 2.53. The number of hydrogen-bond acceptors (Lipinski definition) is 5. The molecule has 0 unspecified atom stereocenters. The number of nitrogens with zero attached hydrogens (tertiary/aromatic N) is 5. The van der Waals surface area contributed by atoms with Crippen LogP contribution in [0.5, 0.6) is 5.88 Å². The summed E-state index contributed by atoms with van der Waals surface area (Å²) in [4.78, 5) is 6.50. The van der Waals surface area contributed by atoms with Crippen LogP contribution in [0.25, 0.3) is 0 Å². The minimum Gasteiger partial charge on any atom is -0.473 e. The van der Waals surface area contributed by atoms with Crippen LogP contribution in [0.3, 0.4) is 0 Å². The van der Waals surface area contributed by atoms with Crippen molar-refractivity contribution in [3.05, 3.63) is 63.5 Å². The van der Waals surface area contributed by atoms with Gasteiger partial charge >= 0.3 is 0 Å². The molecule has 0 bridgehead atoms. The van der Waals surface area contributed by atoms with Crippen LogP contribution < -0.4 is 9.64 Å².